The molecule has 0 aromatic heterocycles. The first-order chi connectivity index (χ1) is 10.6. The van der Waals surface area contributed by atoms with Gasteiger partial charge in [0.05, 0.1) is 23.3 Å². The number of methoxy groups -OCH3 is 1. The molecule has 1 heterocycles. The molecule has 3 rings (SSSR count). The van der Waals surface area contributed by atoms with Crippen LogP contribution in [-0.4, -0.2) is 25.5 Å². The fourth-order valence-electron chi connectivity index (χ4n) is 2.62. The smallest absolute Gasteiger partial charge is 0.337 e. The third-order valence-corrected chi connectivity index (χ3v) is 4.08. The molecule has 5 heteroatoms. The van der Waals surface area contributed by atoms with Crippen molar-refractivity contribution < 1.29 is 14.3 Å². The molecule has 0 N–H and O–H groups in total. The molecule has 0 fully saturated rings. The lowest BCUT2D eigenvalue weighted by molar-refractivity contribution is 0.0600. The maximum atomic E-state index is 12.7. The number of hydrogen-bond donors (Lipinski definition) is 0. The third kappa shape index (κ3) is 2.46. The molecule has 1 amide bonds. The summed E-state index contributed by atoms with van der Waals surface area (Å²) in [5, 5.41) is 0.421. The van der Waals surface area contributed by atoms with Gasteiger partial charge in [0.2, 0.25) is 0 Å². The van der Waals surface area contributed by atoms with Gasteiger partial charge < -0.3 is 9.64 Å². The summed E-state index contributed by atoms with van der Waals surface area (Å²) in [5.41, 5.74) is 2.67. The Labute approximate surface area is 133 Å². The molecule has 1 aliphatic rings. The maximum Gasteiger partial charge on any atom is 0.337 e. The molecule has 0 saturated heterocycles. The number of carbonyl (C=O) groups is 2. The third-order valence-electron chi connectivity index (χ3n) is 3.75. The van der Waals surface area contributed by atoms with Crippen molar-refractivity contribution in [2.45, 2.75) is 6.42 Å². The monoisotopic (exact) mass is 315 g/mol. The highest BCUT2D eigenvalue weighted by Crippen LogP contribution is 2.31. The Bertz CT molecular complexity index is 757. The van der Waals surface area contributed by atoms with Gasteiger partial charge in [-0.05, 0) is 36.2 Å². The molecule has 0 spiro atoms. The van der Waals surface area contributed by atoms with Crippen molar-refractivity contribution in [1.29, 1.82) is 0 Å². The summed E-state index contributed by atoms with van der Waals surface area (Å²) in [4.78, 5) is 26.0. The van der Waals surface area contributed by atoms with Gasteiger partial charge in [-0.25, -0.2) is 4.79 Å². The van der Waals surface area contributed by atoms with Crippen LogP contribution in [0.3, 0.4) is 0 Å². The van der Waals surface area contributed by atoms with E-state index in [1.807, 2.05) is 6.07 Å². The Balaban J connectivity index is 1.98. The minimum absolute atomic E-state index is 0.161. The van der Waals surface area contributed by atoms with E-state index in [-0.39, 0.29) is 5.91 Å². The molecular formula is C17H14ClNO3. The minimum Gasteiger partial charge on any atom is -0.465 e. The standard InChI is InChI=1S/C17H14ClNO3/c1-22-17(21)12-7-6-11-8-9-19(15(11)10-12)16(20)13-4-2-3-5-14(13)18/h2-7,10H,8-9H2,1H3. The SMILES string of the molecule is COC(=O)c1ccc2c(c1)N(C(=O)c1ccccc1Cl)CC2. The zero-order valence-corrected chi connectivity index (χ0v) is 12.8. The van der Waals surface area contributed by atoms with E-state index in [4.69, 9.17) is 16.3 Å². The number of benzene rings is 2. The summed E-state index contributed by atoms with van der Waals surface area (Å²) in [5.74, 6) is -0.578. The lowest BCUT2D eigenvalue weighted by Gasteiger charge is -2.18. The van der Waals surface area contributed by atoms with Crippen LogP contribution in [-0.2, 0) is 11.2 Å². The van der Waals surface area contributed by atoms with Gasteiger partial charge in [-0.2, -0.15) is 0 Å². The number of fused-ring (bicyclic) bond motifs is 1. The van der Waals surface area contributed by atoms with Crippen LogP contribution in [0.5, 0.6) is 0 Å². The van der Waals surface area contributed by atoms with E-state index in [1.165, 1.54) is 7.11 Å². The molecule has 2 aromatic rings. The van der Waals surface area contributed by atoms with Crippen LogP contribution < -0.4 is 4.90 Å². The summed E-state index contributed by atoms with van der Waals surface area (Å²) in [7, 11) is 1.34. The molecule has 4 nitrogen and oxygen atoms in total. The number of rotatable bonds is 2. The van der Waals surface area contributed by atoms with Crippen LogP contribution >= 0.6 is 11.6 Å². The molecule has 0 aliphatic carbocycles. The lowest BCUT2D eigenvalue weighted by atomic mass is 10.1. The highest BCUT2D eigenvalue weighted by atomic mass is 35.5. The first-order valence-corrected chi connectivity index (χ1v) is 7.27. The molecule has 0 saturated carbocycles. The Morgan fingerprint density at radius 3 is 2.68 bits per heavy atom. The Kier molecular flexibility index (Phi) is 3.86. The van der Waals surface area contributed by atoms with Crippen molar-refractivity contribution >= 4 is 29.2 Å². The topological polar surface area (TPSA) is 46.6 Å². The number of carbonyl (C=O) groups excluding carboxylic acids is 2. The summed E-state index contributed by atoms with van der Waals surface area (Å²) >= 11 is 6.11. The second kappa shape index (κ2) is 5.81. The Morgan fingerprint density at radius 1 is 1.18 bits per heavy atom. The fraction of sp³-hybridized carbons (Fsp3) is 0.176. The number of esters is 1. The molecule has 112 valence electrons. The van der Waals surface area contributed by atoms with Crippen molar-refractivity contribution in [3.63, 3.8) is 0 Å². The van der Waals surface area contributed by atoms with E-state index in [9.17, 15) is 9.59 Å². The number of ether oxygens (including phenoxy) is 1. The van der Waals surface area contributed by atoms with Gasteiger partial charge in [-0.1, -0.05) is 29.8 Å². The normalized spacial score (nSPS) is 12.9. The van der Waals surface area contributed by atoms with Crippen molar-refractivity contribution in [2.24, 2.45) is 0 Å². The van der Waals surface area contributed by atoms with Crippen molar-refractivity contribution in [1.82, 2.24) is 0 Å². The second-order valence-electron chi connectivity index (χ2n) is 5.02. The first-order valence-electron chi connectivity index (χ1n) is 6.89. The van der Waals surface area contributed by atoms with E-state index >= 15 is 0 Å². The molecule has 0 radical (unpaired) electrons. The van der Waals surface area contributed by atoms with Gasteiger partial charge in [0.25, 0.3) is 5.91 Å². The fourth-order valence-corrected chi connectivity index (χ4v) is 2.83. The highest BCUT2D eigenvalue weighted by Gasteiger charge is 2.27. The molecule has 0 bridgehead atoms. The van der Waals surface area contributed by atoms with Crippen LogP contribution in [0.25, 0.3) is 0 Å². The molecule has 2 aromatic carbocycles. The van der Waals surface area contributed by atoms with Gasteiger partial charge in [-0.3, -0.25) is 4.79 Å². The largest absolute Gasteiger partial charge is 0.465 e. The van der Waals surface area contributed by atoms with Crippen LogP contribution in [0.15, 0.2) is 42.5 Å². The first kappa shape index (κ1) is 14.6. The second-order valence-corrected chi connectivity index (χ2v) is 5.43. The summed E-state index contributed by atoms with van der Waals surface area (Å²) in [6.45, 7) is 0.573. The van der Waals surface area contributed by atoms with E-state index in [1.54, 1.807) is 41.3 Å². The number of amides is 1. The molecular weight excluding hydrogens is 302 g/mol. The highest BCUT2D eigenvalue weighted by molar-refractivity contribution is 6.34. The average Bonchev–Trinajstić information content (AvgIpc) is 2.97. The van der Waals surface area contributed by atoms with Crippen LogP contribution in [0, 0.1) is 0 Å². The van der Waals surface area contributed by atoms with Gasteiger partial charge in [-0.15, -0.1) is 0 Å². The lowest BCUT2D eigenvalue weighted by Crippen LogP contribution is -2.29. The summed E-state index contributed by atoms with van der Waals surface area (Å²) in [6.07, 6.45) is 0.757. The van der Waals surface area contributed by atoms with Crippen molar-refractivity contribution in [3.8, 4) is 0 Å². The molecule has 1 aliphatic heterocycles. The minimum atomic E-state index is -0.417. The molecule has 0 unspecified atom stereocenters. The Hall–Kier alpha value is -2.33. The van der Waals surface area contributed by atoms with Crippen LogP contribution in [0.1, 0.15) is 26.3 Å². The number of nitrogens with zero attached hydrogens (tertiary/aromatic N) is 1. The zero-order chi connectivity index (χ0) is 15.7. The van der Waals surface area contributed by atoms with E-state index < -0.39 is 5.97 Å². The van der Waals surface area contributed by atoms with E-state index in [0.717, 1.165) is 17.7 Å². The van der Waals surface area contributed by atoms with E-state index in [0.29, 0.717) is 22.7 Å². The van der Waals surface area contributed by atoms with Crippen LogP contribution in [0.2, 0.25) is 5.02 Å². The molecule has 22 heavy (non-hydrogen) atoms. The van der Waals surface area contributed by atoms with E-state index in [2.05, 4.69) is 0 Å². The molecule has 0 atom stereocenters. The zero-order valence-electron chi connectivity index (χ0n) is 12.0. The van der Waals surface area contributed by atoms with Crippen molar-refractivity contribution in [2.75, 3.05) is 18.6 Å². The van der Waals surface area contributed by atoms with Crippen molar-refractivity contribution in [3.05, 3.63) is 64.2 Å². The summed E-state index contributed by atoms with van der Waals surface area (Å²) < 4.78 is 4.73. The quantitative estimate of drug-likeness (QED) is 0.799. The van der Waals surface area contributed by atoms with Gasteiger partial charge in [0, 0.05) is 12.2 Å². The van der Waals surface area contributed by atoms with Crippen LogP contribution in [0.4, 0.5) is 5.69 Å². The van der Waals surface area contributed by atoms with Gasteiger partial charge in [0.1, 0.15) is 0 Å². The predicted molar refractivity (Wildman–Crippen MR) is 84.6 cm³/mol. The Morgan fingerprint density at radius 2 is 1.95 bits per heavy atom. The number of hydrogen-bond acceptors (Lipinski definition) is 3. The summed E-state index contributed by atoms with van der Waals surface area (Å²) in [6, 6.07) is 12.2. The van der Waals surface area contributed by atoms with Gasteiger partial charge >= 0.3 is 5.97 Å². The average molecular weight is 316 g/mol. The maximum absolute atomic E-state index is 12.7. The number of anilines is 1. The predicted octanol–water partition coefficient (Wildman–Crippen LogP) is 3.33. The van der Waals surface area contributed by atoms with Gasteiger partial charge in [0.15, 0.2) is 0 Å². The number of halogens is 1.